The van der Waals surface area contributed by atoms with E-state index in [0.29, 0.717) is 18.5 Å². The van der Waals surface area contributed by atoms with Crippen molar-refractivity contribution in [3.05, 3.63) is 36.5 Å². The SMILES string of the molecule is O=C(O)C1CCC(C(=O)Nc2cnc3ccccc3c2)O1. The molecule has 0 spiro atoms. The van der Waals surface area contributed by atoms with Crippen LogP contribution in [0.3, 0.4) is 0 Å². The minimum atomic E-state index is -1.03. The van der Waals surface area contributed by atoms with E-state index >= 15 is 0 Å². The molecule has 3 rings (SSSR count). The van der Waals surface area contributed by atoms with Crippen molar-refractivity contribution in [1.82, 2.24) is 4.98 Å². The number of hydrogen-bond acceptors (Lipinski definition) is 4. The number of amides is 1. The Morgan fingerprint density at radius 3 is 2.76 bits per heavy atom. The van der Waals surface area contributed by atoms with E-state index in [0.717, 1.165) is 10.9 Å². The molecule has 0 aliphatic carbocycles. The van der Waals surface area contributed by atoms with Crippen LogP contribution in [0, 0.1) is 0 Å². The fourth-order valence-corrected chi connectivity index (χ4v) is 2.37. The molecule has 1 aromatic heterocycles. The summed E-state index contributed by atoms with van der Waals surface area (Å²) in [6.45, 7) is 0. The monoisotopic (exact) mass is 286 g/mol. The van der Waals surface area contributed by atoms with E-state index in [9.17, 15) is 9.59 Å². The third kappa shape index (κ3) is 2.85. The van der Waals surface area contributed by atoms with Crippen molar-refractivity contribution < 1.29 is 19.4 Å². The Kier molecular flexibility index (Phi) is 3.53. The Bertz CT molecular complexity index is 701. The number of carbonyl (C=O) groups is 2. The first-order chi connectivity index (χ1) is 10.1. The number of pyridine rings is 1. The molecular weight excluding hydrogens is 272 g/mol. The van der Waals surface area contributed by atoms with Gasteiger partial charge in [0, 0.05) is 5.39 Å². The van der Waals surface area contributed by atoms with E-state index in [1.54, 1.807) is 6.20 Å². The van der Waals surface area contributed by atoms with Crippen LogP contribution in [0.1, 0.15) is 12.8 Å². The predicted octanol–water partition coefficient (Wildman–Crippen LogP) is 1.81. The maximum atomic E-state index is 12.1. The molecule has 6 heteroatoms. The summed E-state index contributed by atoms with van der Waals surface area (Å²) in [6, 6.07) is 9.41. The number of aliphatic carboxylic acids is 1. The minimum Gasteiger partial charge on any atom is -0.479 e. The topological polar surface area (TPSA) is 88.5 Å². The van der Waals surface area contributed by atoms with Crippen LogP contribution >= 0.6 is 0 Å². The molecule has 2 aromatic rings. The maximum Gasteiger partial charge on any atom is 0.332 e. The summed E-state index contributed by atoms with van der Waals surface area (Å²) in [4.78, 5) is 27.1. The Balaban J connectivity index is 1.70. The molecule has 1 aliphatic heterocycles. The van der Waals surface area contributed by atoms with E-state index in [4.69, 9.17) is 9.84 Å². The van der Waals surface area contributed by atoms with Crippen molar-refractivity contribution in [2.45, 2.75) is 25.0 Å². The highest BCUT2D eigenvalue weighted by atomic mass is 16.5. The summed E-state index contributed by atoms with van der Waals surface area (Å²) in [6.07, 6.45) is 0.713. The number of carboxylic acid groups (broad SMARTS) is 1. The summed E-state index contributed by atoms with van der Waals surface area (Å²) in [7, 11) is 0. The van der Waals surface area contributed by atoms with Crippen LogP contribution in [0.4, 0.5) is 5.69 Å². The number of fused-ring (bicyclic) bond motifs is 1. The normalized spacial score (nSPS) is 21.3. The van der Waals surface area contributed by atoms with Crippen LogP contribution in [0.5, 0.6) is 0 Å². The van der Waals surface area contributed by atoms with E-state index < -0.39 is 18.2 Å². The molecule has 1 fully saturated rings. The zero-order valence-corrected chi connectivity index (χ0v) is 11.2. The zero-order chi connectivity index (χ0) is 14.8. The van der Waals surface area contributed by atoms with Gasteiger partial charge in [0.05, 0.1) is 17.4 Å². The van der Waals surface area contributed by atoms with E-state index in [-0.39, 0.29) is 5.91 Å². The van der Waals surface area contributed by atoms with Crippen LogP contribution in [-0.4, -0.2) is 34.2 Å². The second kappa shape index (κ2) is 5.49. The van der Waals surface area contributed by atoms with Gasteiger partial charge >= 0.3 is 5.97 Å². The lowest BCUT2D eigenvalue weighted by molar-refractivity contribution is -0.150. The van der Waals surface area contributed by atoms with Gasteiger partial charge in [-0.2, -0.15) is 0 Å². The summed E-state index contributed by atoms with van der Waals surface area (Å²) in [5.74, 6) is -1.37. The number of benzene rings is 1. The Labute approximate surface area is 120 Å². The number of carboxylic acids is 1. The molecular formula is C15H14N2O4. The van der Waals surface area contributed by atoms with Gasteiger partial charge in [-0.05, 0) is 25.0 Å². The van der Waals surface area contributed by atoms with Crippen molar-refractivity contribution in [1.29, 1.82) is 0 Å². The van der Waals surface area contributed by atoms with Crippen molar-refractivity contribution in [3.63, 3.8) is 0 Å². The number of aromatic nitrogens is 1. The fourth-order valence-electron chi connectivity index (χ4n) is 2.37. The molecule has 1 amide bonds. The van der Waals surface area contributed by atoms with Gasteiger partial charge in [-0.25, -0.2) is 4.79 Å². The Morgan fingerprint density at radius 1 is 1.24 bits per heavy atom. The summed E-state index contributed by atoms with van der Waals surface area (Å²) < 4.78 is 5.21. The maximum absolute atomic E-state index is 12.1. The average Bonchev–Trinajstić information content (AvgIpc) is 2.97. The van der Waals surface area contributed by atoms with Crippen LogP contribution in [0.25, 0.3) is 10.9 Å². The molecule has 0 radical (unpaired) electrons. The number of nitrogens with zero attached hydrogens (tertiary/aromatic N) is 1. The van der Waals surface area contributed by atoms with Gasteiger partial charge in [0.25, 0.3) is 5.91 Å². The Morgan fingerprint density at radius 2 is 2.00 bits per heavy atom. The van der Waals surface area contributed by atoms with Gasteiger partial charge in [-0.1, -0.05) is 18.2 Å². The van der Waals surface area contributed by atoms with Gasteiger partial charge < -0.3 is 15.2 Å². The summed E-state index contributed by atoms with van der Waals surface area (Å²) >= 11 is 0. The highest BCUT2D eigenvalue weighted by molar-refractivity contribution is 5.96. The molecule has 0 saturated carbocycles. The molecule has 1 aliphatic rings. The van der Waals surface area contributed by atoms with E-state index in [1.165, 1.54) is 0 Å². The number of rotatable bonds is 3. The van der Waals surface area contributed by atoms with Crippen molar-refractivity contribution in [2.75, 3.05) is 5.32 Å². The first-order valence-corrected chi connectivity index (χ1v) is 6.67. The zero-order valence-electron chi connectivity index (χ0n) is 11.2. The lowest BCUT2D eigenvalue weighted by Gasteiger charge is -2.12. The average molecular weight is 286 g/mol. The quantitative estimate of drug-likeness (QED) is 0.898. The van der Waals surface area contributed by atoms with Crippen LogP contribution < -0.4 is 5.32 Å². The molecule has 108 valence electrons. The standard InChI is InChI=1S/C15H14N2O4/c18-14(12-5-6-13(21-12)15(19)20)17-10-7-9-3-1-2-4-11(9)16-8-10/h1-4,7-8,12-13H,5-6H2,(H,17,18)(H,19,20). The van der Waals surface area contributed by atoms with Crippen molar-refractivity contribution in [3.8, 4) is 0 Å². The highest BCUT2D eigenvalue weighted by Gasteiger charge is 2.34. The fraction of sp³-hybridized carbons (Fsp3) is 0.267. The molecule has 2 N–H and O–H groups in total. The van der Waals surface area contributed by atoms with Crippen LogP contribution in [0.2, 0.25) is 0 Å². The van der Waals surface area contributed by atoms with Crippen molar-refractivity contribution >= 4 is 28.5 Å². The lowest BCUT2D eigenvalue weighted by Crippen LogP contribution is -2.29. The smallest absolute Gasteiger partial charge is 0.332 e. The van der Waals surface area contributed by atoms with E-state index in [1.807, 2.05) is 30.3 Å². The van der Waals surface area contributed by atoms with Gasteiger partial charge in [0.1, 0.15) is 6.10 Å². The predicted molar refractivity (Wildman–Crippen MR) is 75.9 cm³/mol. The van der Waals surface area contributed by atoms with Gasteiger partial charge in [-0.15, -0.1) is 0 Å². The minimum absolute atomic E-state index is 0.337. The molecule has 2 heterocycles. The molecule has 0 bridgehead atoms. The number of nitrogens with one attached hydrogen (secondary N) is 1. The van der Waals surface area contributed by atoms with Gasteiger partial charge in [0.15, 0.2) is 6.10 Å². The van der Waals surface area contributed by atoms with Crippen LogP contribution in [0.15, 0.2) is 36.5 Å². The lowest BCUT2D eigenvalue weighted by atomic mass is 10.2. The second-order valence-corrected chi connectivity index (χ2v) is 4.93. The van der Waals surface area contributed by atoms with Gasteiger partial charge in [-0.3, -0.25) is 9.78 Å². The van der Waals surface area contributed by atoms with Gasteiger partial charge in [0.2, 0.25) is 0 Å². The number of para-hydroxylation sites is 1. The molecule has 6 nitrogen and oxygen atoms in total. The second-order valence-electron chi connectivity index (χ2n) is 4.93. The number of anilines is 1. The third-order valence-corrected chi connectivity index (χ3v) is 3.45. The van der Waals surface area contributed by atoms with E-state index in [2.05, 4.69) is 10.3 Å². The molecule has 21 heavy (non-hydrogen) atoms. The molecule has 2 atom stereocenters. The number of hydrogen-bond donors (Lipinski definition) is 2. The summed E-state index contributed by atoms with van der Waals surface area (Å²) in [5, 5.41) is 12.5. The first-order valence-electron chi connectivity index (χ1n) is 6.67. The van der Waals surface area contributed by atoms with Crippen LogP contribution in [-0.2, 0) is 14.3 Å². The molecule has 2 unspecified atom stereocenters. The largest absolute Gasteiger partial charge is 0.479 e. The highest BCUT2D eigenvalue weighted by Crippen LogP contribution is 2.22. The number of carbonyl (C=O) groups excluding carboxylic acids is 1. The first kappa shape index (κ1) is 13.5. The molecule has 1 saturated heterocycles. The third-order valence-electron chi connectivity index (χ3n) is 3.45. The van der Waals surface area contributed by atoms with Crippen molar-refractivity contribution in [2.24, 2.45) is 0 Å². The summed E-state index contributed by atoms with van der Waals surface area (Å²) in [5.41, 5.74) is 1.42. The molecule has 1 aromatic carbocycles. The Hall–Kier alpha value is -2.47. The number of ether oxygens (including phenoxy) is 1.